The van der Waals surface area contributed by atoms with Crippen LogP contribution in [0.2, 0.25) is 0 Å². The number of fused-ring (bicyclic) bond motifs is 1. The number of ether oxygens (including phenoxy) is 1. The number of hydrogen-bond acceptors (Lipinski definition) is 6. The molecule has 0 spiro atoms. The third-order valence-corrected chi connectivity index (χ3v) is 3.17. The monoisotopic (exact) mass is 299 g/mol. The van der Waals surface area contributed by atoms with Crippen LogP contribution < -0.4 is 5.63 Å². The van der Waals surface area contributed by atoms with E-state index >= 15 is 0 Å². The maximum absolute atomic E-state index is 11.8. The second-order valence-corrected chi connectivity index (χ2v) is 5.00. The lowest BCUT2D eigenvalue weighted by Gasteiger charge is -2.06. The van der Waals surface area contributed by atoms with Crippen molar-refractivity contribution >= 4 is 16.9 Å². The second-order valence-electron chi connectivity index (χ2n) is 5.00. The molecule has 22 heavy (non-hydrogen) atoms. The summed E-state index contributed by atoms with van der Waals surface area (Å²) in [5.74, 6) is -0.602. The molecule has 0 saturated heterocycles. The summed E-state index contributed by atoms with van der Waals surface area (Å²) < 4.78 is 15.2. The number of esters is 1. The summed E-state index contributed by atoms with van der Waals surface area (Å²) in [6, 6.07) is 8.30. The molecule has 0 atom stereocenters. The molecule has 0 radical (unpaired) electrons. The molecule has 0 amide bonds. The van der Waals surface area contributed by atoms with Crippen molar-refractivity contribution in [1.82, 2.24) is 5.16 Å². The van der Waals surface area contributed by atoms with Gasteiger partial charge in [-0.25, -0.2) is 9.59 Å². The molecule has 0 fully saturated rings. The molecule has 3 rings (SSSR count). The molecular weight excluding hydrogens is 286 g/mol. The molecule has 0 aliphatic rings. The van der Waals surface area contributed by atoms with Crippen LogP contribution in [0.1, 0.15) is 27.4 Å². The highest BCUT2D eigenvalue weighted by atomic mass is 16.6. The van der Waals surface area contributed by atoms with E-state index in [4.69, 9.17) is 13.7 Å². The minimum absolute atomic E-state index is 0.0283. The first kappa shape index (κ1) is 14.1. The maximum atomic E-state index is 11.8. The highest BCUT2D eigenvalue weighted by Gasteiger charge is 2.14. The van der Waals surface area contributed by atoms with Gasteiger partial charge in [0.15, 0.2) is 0 Å². The molecule has 6 nitrogen and oxygen atoms in total. The van der Waals surface area contributed by atoms with Crippen LogP contribution in [0, 0.1) is 13.8 Å². The van der Waals surface area contributed by atoms with Crippen molar-refractivity contribution in [3.8, 4) is 0 Å². The molecule has 112 valence electrons. The zero-order valence-electron chi connectivity index (χ0n) is 12.1. The molecule has 0 aliphatic carbocycles. The number of hydrogen-bond donors (Lipinski definition) is 0. The van der Waals surface area contributed by atoms with Crippen LogP contribution in [0.25, 0.3) is 11.0 Å². The van der Waals surface area contributed by atoms with Gasteiger partial charge in [-0.3, -0.25) is 0 Å². The summed E-state index contributed by atoms with van der Waals surface area (Å²) in [5, 5.41) is 4.35. The zero-order chi connectivity index (χ0) is 15.7. The fraction of sp³-hybridized carbons (Fsp3) is 0.188. The summed E-state index contributed by atoms with van der Waals surface area (Å²) in [5.41, 5.74) is 2.12. The van der Waals surface area contributed by atoms with Gasteiger partial charge >= 0.3 is 11.6 Å². The SMILES string of the molecule is Cc1ccc2c(COC(=O)c3cc(C)no3)cc(=O)oc2c1. The normalized spacial score (nSPS) is 10.8. The molecule has 0 N–H and O–H groups in total. The van der Waals surface area contributed by atoms with E-state index < -0.39 is 11.6 Å². The fourth-order valence-corrected chi connectivity index (χ4v) is 2.13. The van der Waals surface area contributed by atoms with Crippen LogP contribution in [0.15, 0.2) is 44.1 Å². The van der Waals surface area contributed by atoms with Crippen molar-refractivity contribution in [1.29, 1.82) is 0 Å². The van der Waals surface area contributed by atoms with Crippen LogP contribution in [0.5, 0.6) is 0 Å². The third-order valence-electron chi connectivity index (χ3n) is 3.17. The minimum atomic E-state index is -0.630. The molecule has 1 aromatic carbocycles. The average Bonchev–Trinajstić information content (AvgIpc) is 2.90. The quantitative estimate of drug-likeness (QED) is 0.546. The number of rotatable bonds is 3. The van der Waals surface area contributed by atoms with Gasteiger partial charge < -0.3 is 13.7 Å². The summed E-state index contributed by atoms with van der Waals surface area (Å²) >= 11 is 0. The predicted molar refractivity (Wildman–Crippen MR) is 77.6 cm³/mol. The lowest BCUT2D eigenvalue weighted by Crippen LogP contribution is -2.07. The van der Waals surface area contributed by atoms with Crippen molar-refractivity contribution in [2.45, 2.75) is 20.5 Å². The molecule has 0 bridgehead atoms. The zero-order valence-corrected chi connectivity index (χ0v) is 12.1. The molecule has 2 heterocycles. The first-order valence-electron chi connectivity index (χ1n) is 6.67. The second kappa shape index (κ2) is 5.48. The Bertz CT molecular complexity index is 906. The Labute approximate surface area is 125 Å². The Morgan fingerprint density at radius 1 is 1.23 bits per heavy atom. The summed E-state index contributed by atoms with van der Waals surface area (Å²) in [4.78, 5) is 23.4. The highest BCUT2D eigenvalue weighted by molar-refractivity contribution is 5.86. The van der Waals surface area contributed by atoms with Gasteiger partial charge in [0, 0.05) is 23.1 Å². The lowest BCUT2D eigenvalue weighted by atomic mass is 10.1. The number of benzene rings is 1. The van der Waals surface area contributed by atoms with E-state index in [-0.39, 0.29) is 12.4 Å². The van der Waals surface area contributed by atoms with Crippen molar-refractivity contribution in [3.63, 3.8) is 0 Å². The van der Waals surface area contributed by atoms with Gasteiger partial charge in [-0.1, -0.05) is 17.3 Å². The first-order valence-corrected chi connectivity index (χ1v) is 6.67. The molecule has 0 unspecified atom stereocenters. The number of carbonyl (C=O) groups is 1. The van der Waals surface area contributed by atoms with Crippen molar-refractivity contribution in [3.05, 3.63) is 63.3 Å². The van der Waals surface area contributed by atoms with Gasteiger partial charge in [0.05, 0.1) is 5.69 Å². The minimum Gasteiger partial charge on any atom is -0.455 e. The Balaban J connectivity index is 1.87. The molecule has 0 aliphatic heterocycles. The van der Waals surface area contributed by atoms with Crippen molar-refractivity contribution < 1.29 is 18.5 Å². The summed E-state index contributed by atoms with van der Waals surface area (Å²) in [6.07, 6.45) is 0. The van der Waals surface area contributed by atoms with E-state index in [0.717, 1.165) is 10.9 Å². The topological polar surface area (TPSA) is 82.5 Å². The van der Waals surface area contributed by atoms with E-state index in [1.54, 1.807) is 13.0 Å². The van der Waals surface area contributed by atoms with E-state index in [9.17, 15) is 9.59 Å². The largest absolute Gasteiger partial charge is 0.455 e. The van der Waals surface area contributed by atoms with Gasteiger partial charge in [0.2, 0.25) is 5.76 Å². The van der Waals surface area contributed by atoms with Crippen molar-refractivity contribution in [2.24, 2.45) is 0 Å². The molecule has 3 aromatic rings. The van der Waals surface area contributed by atoms with Gasteiger partial charge in [0.25, 0.3) is 0 Å². The molecule has 0 saturated carbocycles. The van der Waals surface area contributed by atoms with Crippen LogP contribution in [-0.4, -0.2) is 11.1 Å². The lowest BCUT2D eigenvalue weighted by molar-refractivity contribution is 0.0427. The van der Waals surface area contributed by atoms with Crippen molar-refractivity contribution in [2.75, 3.05) is 0 Å². The maximum Gasteiger partial charge on any atom is 0.377 e. The van der Waals surface area contributed by atoms with E-state index in [0.29, 0.717) is 16.8 Å². The Morgan fingerprint density at radius 3 is 2.77 bits per heavy atom. The summed E-state index contributed by atoms with van der Waals surface area (Å²) in [7, 11) is 0. The summed E-state index contributed by atoms with van der Waals surface area (Å²) in [6.45, 7) is 3.56. The number of nitrogens with zero attached hydrogens (tertiary/aromatic N) is 1. The molecule has 6 heteroatoms. The Morgan fingerprint density at radius 2 is 2.05 bits per heavy atom. The van der Waals surface area contributed by atoms with Crippen LogP contribution in [0.4, 0.5) is 0 Å². The first-order chi connectivity index (χ1) is 10.5. The number of aromatic nitrogens is 1. The number of carbonyl (C=O) groups excluding carboxylic acids is 1. The molecule has 2 aromatic heterocycles. The Kier molecular flexibility index (Phi) is 3.50. The fourth-order valence-electron chi connectivity index (χ4n) is 2.13. The smallest absolute Gasteiger partial charge is 0.377 e. The van der Waals surface area contributed by atoms with E-state index in [2.05, 4.69) is 5.16 Å². The predicted octanol–water partition coefficient (Wildman–Crippen LogP) is 2.75. The van der Waals surface area contributed by atoms with Gasteiger partial charge in [-0.2, -0.15) is 0 Å². The average molecular weight is 299 g/mol. The standard InChI is InChI=1S/C16H13NO5/c1-9-3-4-12-11(7-15(18)21-13(12)5-9)8-20-16(19)14-6-10(2)17-22-14/h3-7H,8H2,1-2H3. The van der Waals surface area contributed by atoms with E-state index in [1.807, 2.05) is 19.1 Å². The van der Waals surface area contributed by atoms with Gasteiger partial charge in [0.1, 0.15) is 12.2 Å². The third kappa shape index (κ3) is 2.76. The van der Waals surface area contributed by atoms with Crippen LogP contribution in [-0.2, 0) is 11.3 Å². The number of aryl methyl sites for hydroxylation is 2. The van der Waals surface area contributed by atoms with Crippen LogP contribution >= 0.6 is 0 Å². The van der Waals surface area contributed by atoms with Crippen LogP contribution in [0.3, 0.4) is 0 Å². The Hall–Kier alpha value is -2.89. The highest BCUT2D eigenvalue weighted by Crippen LogP contribution is 2.19. The van der Waals surface area contributed by atoms with Gasteiger partial charge in [-0.15, -0.1) is 0 Å². The van der Waals surface area contributed by atoms with E-state index in [1.165, 1.54) is 12.1 Å². The molecular formula is C16H13NO5. The van der Waals surface area contributed by atoms with Gasteiger partial charge in [-0.05, 0) is 25.5 Å².